The summed E-state index contributed by atoms with van der Waals surface area (Å²) >= 11 is 7.27. The smallest absolute Gasteiger partial charge is 0.234 e. The lowest BCUT2D eigenvalue weighted by Crippen LogP contribution is -1.92. The van der Waals surface area contributed by atoms with Gasteiger partial charge in [0.25, 0.3) is 0 Å². The lowest BCUT2D eigenvalue weighted by molar-refractivity contribution is 0.111. The topological polar surface area (TPSA) is 47.3 Å². The van der Waals surface area contributed by atoms with Crippen molar-refractivity contribution < 1.29 is 4.79 Å². The third kappa shape index (κ3) is 1.64. The molecule has 0 aromatic carbocycles. The Balaban J connectivity index is 2.32. The first-order chi connectivity index (χ1) is 8.29. The standard InChI is InChI=1S/C11H6ClN3OS/c12-9-3-2-8(17-9)10-7(6-16)15-5-1-4-13-11(15)14-10/h1-6H. The van der Waals surface area contributed by atoms with Crippen LogP contribution in [0.1, 0.15) is 10.5 Å². The third-order valence-electron chi connectivity index (χ3n) is 2.36. The molecule has 0 atom stereocenters. The molecule has 3 aromatic rings. The zero-order chi connectivity index (χ0) is 11.8. The Kier molecular flexibility index (Phi) is 2.42. The number of aromatic nitrogens is 3. The number of thiophene rings is 1. The van der Waals surface area contributed by atoms with E-state index in [0.29, 0.717) is 21.5 Å². The van der Waals surface area contributed by atoms with Crippen LogP contribution in [0.2, 0.25) is 4.34 Å². The predicted octanol–water partition coefficient (Wildman–Crippen LogP) is 2.92. The van der Waals surface area contributed by atoms with Gasteiger partial charge in [-0.1, -0.05) is 11.6 Å². The monoisotopic (exact) mass is 263 g/mol. The minimum absolute atomic E-state index is 0.492. The average Bonchev–Trinajstić information content (AvgIpc) is 2.91. The predicted molar refractivity (Wildman–Crippen MR) is 66.7 cm³/mol. The lowest BCUT2D eigenvalue weighted by Gasteiger charge is -1.93. The van der Waals surface area contributed by atoms with Crippen LogP contribution in [-0.2, 0) is 0 Å². The quantitative estimate of drug-likeness (QED) is 0.668. The number of fused-ring (bicyclic) bond motifs is 1. The van der Waals surface area contributed by atoms with Gasteiger partial charge in [-0.25, -0.2) is 9.97 Å². The van der Waals surface area contributed by atoms with Gasteiger partial charge < -0.3 is 0 Å². The highest BCUT2D eigenvalue weighted by atomic mass is 35.5. The fraction of sp³-hybridized carbons (Fsp3) is 0. The van der Waals surface area contributed by atoms with Gasteiger partial charge in [0.15, 0.2) is 6.29 Å². The van der Waals surface area contributed by atoms with Gasteiger partial charge in [-0.2, -0.15) is 0 Å². The number of nitrogens with zero attached hydrogens (tertiary/aromatic N) is 3. The molecule has 84 valence electrons. The summed E-state index contributed by atoms with van der Waals surface area (Å²) in [5.41, 5.74) is 1.11. The highest BCUT2D eigenvalue weighted by Crippen LogP contribution is 2.32. The van der Waals surface area contributed by atoms with E-state index < -0.39 is 0 Å². The molecule has 3 heterocycles. The molecule has 0 aliphatic rings. The molecule has 0 spiro atoms. The summed E-state index contributed by atoms with van der Waals surface area (Å²) in [6.07, 6.45) is 4.19. The lowest BCUT2D eigenvalue weighted by atomic mass is 10.3. The Morgan fingerprint density at radius 2 is 2.29 bits per heavy atom. The average molecular weight is 264 g/mol. The molecular weight excluding hydrogens is 258 g/mol. The molecule has 0 aliphatic heterocycles. The molecule has 0 bridgehead atoms. The van der Waals surface area contributed by atoms with Crippen molar-refractivity contribution in [3.63, 3.8) is 0 Å². The summed E-state index contributed by atoms with van der Waals surface area (Å²) in [6, 6.07) is 5.39. The van der Waals surface area contributed by atoms with Crippen LogP contribution in [0, 0.1) is 0 Å². The van der Waals surface area contributed by atoms with Crippen LogP contribution >= 0.6 is 22.9 Å². The van der Waals surface area contributed by atoms with E-state index in [1.807, 2.05) is 6.07 Å². The van der Waals surface area contributed by atoms with E-state index in [4.69, 9.17) is 11.6 Å². The number of aldehydes is 1. The van der Waals surface area contributed by atoms with Gasteiger partial charge in [-0.3, -0.25) is 9.20 Å². The number of halogens is 1. The van der Waals surface area contributed by atoms with Crippen LogP contribution < -0.4 is 0 Å². The van der Waals surface area contributed by atoms with E-state index >= 15 is 0 Å². The SMILES string of the molecule is O=Cc1c(-c2ccc(Cl)s2)nc2ncccn12. The van der Waals surface area contributed by atoms with E-state index in [2.05, 4.69) is 9.97 Å². The van der Waals surface area contributed by atoms with Gasteiger partial charge in [0.05, 0.1) is 9.21 Å². The van der Waals surface area contributed by atoms with Crippen LogP contribution in [0.25, 0.3) is 16.3 Å². The minimum atomic E-state index is 0.492. The van der Waals surface area contributed by atoms with E-state index in [-0.39, 0.29) is 0 Å². The van der Waals surface area contributed by atoms with Crippen molar-refractivity contribution in [3.8, 4) is 10.6 Å². The number of carbonyl (C=O) groups is 1. The maximum Gasteiger partial charge on any atom is 0.234 e. The molecule has 17 heavy (non-hydrogen) atoms. The first kappa shape index (κ1) is 10.4. The molecule has 4 nitrogen and oxygen atoms in total. The van der Waals surface area contributed by atoms with Crippen molar-refractivity contribution in [3.05, 3.63) is 40.6 Å². The molecule has 0 amide bonds. The van der Waals surface area contributed by atoms with Crippen LogP contribution in [0.15, 0.2) is 30.6 Å². The van der Waals surface area contributed by atoms with Gasteiger partial charge in [0.2, 0.25) is 5.78 Å². The number of imidazole rings is 1. The van der Waals surface area contributed by atoms with Crippen molar-refractivity contribution in [2.24, 2.45) is 0 Å². The second-order valence-corrected chi connectivity index (χ2v) is 5.07. The fourth-order valence-electron chi connectivity index (χ4n) is 1.64. The molecule has 0 N–H and O–H groups in total. The van der Waals surface area contributed by atoms with Crippen molar-refractivity contribution in [1.82, 2.24) is 14.4 Å². The maximum atomic E-state index is 11.2. The van der Waals surface area contributed by atoms with Crippen LogP contribution in [-0.4, -0.2) is 20.7 Å². The van der Waals surface area contributed by atoms with Crippen molar-refractivity contribution in [2.75, 3.05) is 0 Å². The molecule has 0 aliphatic carbocycles. The normalized spacial score (nSPS) is 10.9. The Hall–Kier alpha value is -1.72. The largest absolute Gasteiger partial charge is 0.296 e. The Bertz CT molecular complexity index is 704. The summed E-state index contributed by atoms with van der Waals surface area (Å²) in [7, 11) is 0. The number of hydrogen-bond donors (Lipinski definition) is 0. The van der Waals surface area contributed by atoms with Crippen LogP contribution in [0.5, 0.6) is 0 Å². The molecule has 0 saturated carbocycles. The summed E-state index contributed by atoms with van der Waals surface area (Å²) in [5.74, 6) is 0.508. The minimum Gasteiger partial charge on any atom is -0.296 e. The maximum absolute atomic E-state index is 11.2. The van der Waals surface area contributed by atoms with E-state index in [9.17, 15) is 4.79 Å². The molecule has 6 heteroatoms. The number of rotatable bonds is 2. The third-order valence-corrected chi connectivity index (χ3v) is 3.60. The highest BCUT2D eigenvalue weighted by molar-refractivity contribution is 7.19. The van der Waals surface area contributed by atoms with Gasteiger partial charge in [-0.15, -0.1) is 11.3 Å². The Morgan fingerprint density at radius 1 is 1.41 bits per heavy atom. The molecule has 0 radical (unpaired) electrons. The Morgan fingerprint density at radius 3 is 3.00 bits per heavy atom. The number of hydrogen-bond acceptors (Lipinski definition) is 4. The fourth-order valence-corrected chi connectivity index (χ4v) is 2.68. The second-order valence-electron chi connectivity index (χ2n) is 3.36. The van der Waals surface area contributed by atoms with Crippen molar-refractivity contribution in [1.29, 1.82) is 0 Å². The van der Waals surface area contributed by atoms with Gasteiger partial charge >= 0.3 is 0 Å². The van der Waals surface area contributed by atoms with Gasteiger partial charge in [-0.05, 0) is 18.2 Å². The summed E-state index contributed by atoms with van der Waals surface area (Å²) < 4.78 is 2.33. The van der Waals surface area contributed by atoms with Crippen molar-refractivity contribution >= 4 is 35.0 Å². The summed E-state index contributed by atoms with van der Waals surface area (Å²) in [4.78, 5) is 20.5. The first-order valence-corrected chi connectivity index (χ1v) is 6.03. The molecule has 0 saturated heterocycles. The molecule has 0 unspecified atom stereocenters. The van der Waals surface area contributed by atoms with Crippen LogP contribution in [0.3, 0.4) is 0 Å². The van der Waals surface area contributed by atoms with Gasteiger partial charge in [0.1, 0.15) is 11.4 Å². The number of carbonyl (C=O) groups excluding carboxylic acids is 1. The van der Waals surface area contributed by atoms with E-state index in [0.717, 1.165) is 11.2 Å². The van der Waals surface area contributed by atoms with Crippen LogP contribution in [0.4, 0.5) is 0 Å². The molecular formula is C11H6ClN3OS. The molecule has 0 fully saturated rings. The zero-order valence-electron chi connectivity index (χ0n) is 8.50. The zero-order valence-corrected chi connectivity index (χ0v) is 10.1. The molecule has 3 aromatic heterocycles. The van der Waals surface area contributed by atoms with E-state index in [1.54, 1.807) is 28.9 Å². The second kappa shape index (κ2) is 3.94. The van der Waals surface area contributed by atoms with E-state index in [1.165, 1.54) is 11.3 Å². The Labute approximate surface area is 106 Å². The van der Waals surface area contributed by atoms with Crippen molar-refractivity contribution in [2.45, 2.75) is 0 Å². The first-order valence-electron chi connectivity index (χ1n) is 4.83. The summed E-state index contributed by atoms with van der Waals surface area (Å²) in [5, 5.41) is 0. The van der Waals surface area contributed by atoms with Gasteiger partial charge in [0, 0.05) is 12.4 Å². The highest BCUT2D eigenvalue weighted by Gasteiger charge is 2.15. The summed E-state index contributed by atoms with van der Waals surface area (Å²) in [6.45, 7) is 0. The molecule has 3 rings (SSSR count).